The highest BCUT2D eigenvalue weighted by atomic mass is 79.9. The molecule has 27 heavy (non-hydrogen) atoms. The molecule has 1 aliphatic heterocycles. The molecule has 0 saturated heterocycles. The number of ether oxygens (including phenoxy) is 3. The lowest BCUT2D eigenvalue weighted by molar-refractivity contribution is -0.137. The molecule has 0 aromatic heterocycles. The minimum Gasteiger partial charge on any atom is -0.496 e. The predicted molar refractivity (Wildman–Crippen MR) is 105 cm³/mol. The number of aryl methyl sites for hydroxylation is 1. The first-order valence-electron chi connectivity index (χ1n) is 8.44. The van der Waals surface area contributed by atoms with E-state index in [1.807, 2.05) is 12.1 Å². The molecular formula is C21H19BrO5. The van der Waals surface area contributed by atoms with E-state index in [-0.39, 0.29) is 23.4 Å². The average molecular weight is 431 g/mol. The Bertz CT molecular complexity index is 959. The highest BCUT2D eigenvalue weighted by molar-refractivity contribution is 9.10. The van der Waals surface area contributed by atoms with Crippen molar-refractivity contribution in [3.05, 3.63) is 57.3 Å². The van der Waals surface area contributed by atoms with Crippen LogP contribution in [0.4, 0.5) is 0 Å². The van der Waals surface area contributed by atoms with Gasteiger partial charge in [-0.1, -0.05) is 29.8 Å². The molecule has 2 aromatic rings. The number of methoxy groups -OCH3 is 1. The van der Waals surface area contributed by atoms with Gasteiger partial charge < -0.3 is 14.2 Å². The van der Waals surface area contributed by atoms with Gasteiger partial charge in [0.1, 0.15) is 17.2 Å². The Balaban J connectivity index is 1.97. The number of rotatable bonds is 4. The van der Waals surface area contributed by atoms with E-state index in [4.69, 9.17) is 14.2 Å². The molecule has 0 unspecified atom stereocenters. The van der Waals surface area contributed by atoms with E-state index < -0.39 is 0 Å². The van der Waals surface area contributed by atoms with Crippen LogP contribution in [0.15, 0.2) is 40.6 Å². The highest BCUT2D eigenvalue weighted by Crippen LogP contribution is 2.38. The summed E-state index contributed by atoms with van der Waals surface area (Å²) in [6.45, 7) is 5.30. The number of hydrogen-bond donors (Lipinski definition) is 0. The van der Waals surface area contributed by atoms with Crippen LogP contribution < -0.4 is 14.2 Å². The Kier molecular flexibility index (Phi) is 5.37. The van der Waals surface area contributed by atoms with E-state index in [1.54, 1.807) is 52.2 Å². The van der Waals surface area contributed by atoms with Crippen molar-refractivity contribution < 1.29 is 23.8 Å². The molecule has 140 valence electrons. The van der Waals surface area contributed by atoms with Crippen LogP contribution in [0.5, 0.6) is 17.2 Å². The van der Waals surface area contributed by atoms with Gasteiger partial charge >= 0.3 is 5.97 Å². The first kappa shape index (κ1) is 19.2. The standard InChI is InChI=1S/C21H19BrO5/c1-11(2)21(24)26-15-7-12(3)19-17(10-15)27-18(20(19)23)9-13-8-14(22)5-6-16(13)25-4/h5-11H,1-4H3/b18-9-. The summed E-state index contributed by atoms with van der Waals surface area (Å²) < 4.78 is 17.3. The van der Waals surface area contributed by atoms with Crippen molar-refractivity contribution in [1.82, 2.24) is 0 Å². The molecular weight excluding hydrogens is 412 g/mol. The van der Waals surface area contributed by atoms with Crippen LogP contribution in [0.3, 0.4) is 0 Å². The summed E-state index contributed by atoms with van der Waals surface area (Å²) >= 11 is 3.41. The van der Waals surface area contributed by atoms with Gasteiger partial charge in [0.15, 0.2) is 5.76 Å². The van der Waals surface area contributed by atoms with E-state index in [0.717, 1.165) is 4.47 Å². The summed E-state index contributed by atoms with van der Waals surface area (Å²) in [6, 6.07) is 8.74. The van der Waals surface area contributed by atoms with E-state index in [1.165, 1.54) is 0 Å². The van der Waals surface area contributed by atoms with Crippen molar-refractivity contribution in [2.45, 2.75) is 20.8 Å². The van der Waals surface area contributed by atoms with Crippen LogP contribution in [-0.4, -0.2) is 18.9 Å². The predicted octanol–water partition coefficient (Wildman–Crippen LogP) is 4.94. The third-order valence-electron chi connectivity index (χ3n) is 4.11. The van der Waals surface area contributed by atoms with E-state index >= 15 is 0 Å². The first-order valence-corrected chi connectivity index (χ1v) is 9.23. The zero-order valence-electron chi connectivity index (χ0n) is 15.5. The lowest BCUT2D eigenvalue weighted by atomic mass is 10.0. The maximum Gasteiger partial charge on any atom is 0.313 e. The van der Waals surface area contributed by atoms with Crippen LogP contribution in [0.2, 0.25) is 0 Å². The maximum absolute atomic E-state index is 12.8. The van der Waals surface area contributed by atoms with Gasteiger partial charge in [-0.2, -0.15) is 0 Å². The Morgan fingerprint density at radius 2 is 1.96 bits per heavy atom. The van der Waals surface area contributed by atoms with Gasteiger partial charge in [0.25, 0.3) is 0 Å². The van der Waals surface area contributed by atoms with Crippen molar-refractivity contribution in [3.8, 4) is 17.2 Å². The zero-order chi connectivity index (χ0) is 19.7. The van der Waals surface area contributed by atoms with Gasteiger partial charge in [-0.3, -0.25) is 9.59 Å². The largest absolute Gasteiger partial charge is 0.496 e. The lowest BCUT2D eigenvalue weighted by Crippen LogP contribution is -2.14. The molecule has 0 aliphatic carbocycles. The molecule has 2 aromatic carbocycles. The van der Waals surface area contributed by atoms with Gasteiger partial charge in [-0.15, -0.1) is 0 Å². The molecule has 0 spiro atoms. The molecule has 0 saturated carbocycles. The van der Waals surface area contributed by atoms with Crippen LogP contribution in [0.1, 0.15) is 35.3 Å². The van der Waals surface area contributed by atoms with Crippen molar-refractivity contribution in [2.75, 3.05) is 7.11 Å². The molecule has 6 heteroatoms. The normalized spacial score (nSPS) is 14.3. The summed E-state index contributed by atoms with van der Waals surface area (Å²) in [6.07, 6.45) is 1.64. The number of allylic oxidation sites excluding steroid dienone is 1. The molecule has 0 atom stereocenters. The Morgan fingerprint density at radius 1 is 1.22 bits per heavy atom. The average Bonchev–Trinajstić information content (AvgIpc) is 2.91. The Morgan fingerprint density at radius 3 is 2.63 bits per heavy atom. The maximum atomic E-state index is 12.8. The lowest BCUT2D eigenvalue weighted by Gasteiger charge is -2.09. The van der Waals surface area contributed by atoms with E-state index in [9.17, 15) is 9.59 Å². The van der Waals surface area contributed by atoms with Gasteiger partial charge in [0.2, 0.25) is 5.78 Å². The monoisotopic (exact) mass is 430 g/mol. The number of benzene rings is 2. The van der Waals surface area contributed by atoms with Crippen LogP contribution in [0.25, 0.3) is 6.08 Å². The van der Waals surface area contributed by atoms with Crippen LogP contribution in [0, 0.1) is 12.8 Å². The van der Waals surface area contributed by atoms with E-state index in [0.29, 0.717) is 33.9 Å². The van der Waals surface area contributed by atoms with Crippen molar-refractivity contribution in [1.29, 1.82) is 0 Å². The second-order valence-corrected chi connectivity index (χ2v) is 7.43. The second kappa shape index (κ2) is 7.56. The molecule has 1 heterocycles. The smallest absolute Gasteiger partial charge is 0.313 e. The molecule has 0 fully saturated rings. The molecule has 0 radical (unpaired) electrons. The Labute approximate surface area is 166 Å². The summed E-state index contributed by atoms with van der Waals surface area (Å²) in [5.41, 5.74) is 1.88. The zero-order valence-corrected chi connectivity index (χ0v) is 17.0. The van der Waals surface area contributed by atoms with Crippen molar-refractivity contribution in [2.24, 2.45) is 5.92 Å². The summed E-state index contributed by atoms with van der Waals surface area (Å²) in [4.78, 5) is 24.6. The third kappa shape index (κ3) is 3.90. The summed E-state index contributed by atoms with van der Waals surface area (Å²) in [7, 11) is 1.57. The molecule has 0 bridgehead atoms. The van der Waals surface area contributed by atoms with Crippen molar-refractivity contribution in [3.63, 3.8) is 0 Å². The number of halogens is 1. The molecule has 3 rings (SSSR count). The number of hydrogen-bond acceptors (Lipinski definition) is 5. The van der Waals surface area contributed by atoms with Crippen LogP contribution >= 0.6 is 15.9 Å². The highest BCUT2D eigenvalue weighted by Gasteiger charge is 2.30. The minimum atomic E-state index is -0.340. The van der Waals surface area contributed by atoms with Gasteiger partial charge in [-0.05, 0) is 42.8 Å². The number of esters is 1. The number of Topliss-reactive ketones (excluding diaryl/α,β-unsaturated/α-hetero) is 1. The fourth-order valence-electron chi connectivity index (χ4n) is 2.73. The molecule has 0 amide bonds. The van der Waals surface area contributed by atoms with E-state index in [2.05, 4.69) is 15.9 Å². The van der Waals surface area contributed by atoms with Gasteiger partial charge in [0.05, 0.1) is 18.6 Å². The van der Waals surface area contributed by atoms with Gasteiger partial charge in [0, 0.05) is 16.1 Å². The van der Waals surface area contributed by atoms with Gasteiger partial charge in [-0.25, -0.2) is 0 Å². The number of carbonyl (C=O) groups is 2. The quantitative estimate of drug-likeness (QED) is 0.390. The van der Waals surface area contributed by atoms with Crippen molar-refractivity contribution >= 4 is 33.8 Å². The molecule has 0 N–H and O–H groups in total. The SMILES string of the molecule is COc1ccc(Br)cc1/C=C1\Oc2cc(OC(=O)C(C)C)cc(C)c2C1=O. The number of ketones is 1. The van der Waals surface area contributed by atoms with Crippen LogP contribution in [-0.2, 0) is 4.79 Å². The summed E-state index contributed by atoms with van der Waals surface area (Å²) in [5, 5.41) is 0. The fraction of sp³-hybridized carbons (Fsp3) is 0.238. The molecule has 1 aliphatic rings. The first-order chi connectivity index (χ1) is 12.8. The minimum absolute atomic E-state index is 0.192. The number of fused-ring (bicyclic) bond motifs is 1. The topological polar surface area (TPSA) is 61.8 Å². The molecule has 5 nitrogen and oxygen atoms in total. The fourth-order valence-corrected chi connectivity index (χ4v) is 3.11. The third-order valence-corrected chi connectivity index (χ3v) is 4.61. The second-order valence-electron chi connectivity index (χ2n) is 6.52. The number of carbonyl (C=O) groups excluding carboxylic acids is 2. The Hall–Kier alpha value is -2.60. The summed E-state index contributed by atoms with van der Waals surface area (Å²) in [5.74, 6) is 0.754.